The molecule has 176 valence electrons. The number of aromatic nitrogens is 4. The number of nitrogens with zero attached hydrogens (tertiary/aromatic N) is 6. The minimum absolute atomic E-state index is 0.158. The van der Waals surface area contributed by atoms with Crippen LogP contribution in [-0.2, 0) is 17.9 Å². The number of fused-ring (bicyclic) bond motifs is 1. The van der Waals surface area contributed by atoms with Gasteiger partial charge in [0.1, 0.15) is 17.2 Å². The lowest BCUT2D eigenvalue weighted by Gasteiger charge is -2.40. The molecule has 1 atom stereocenters. The zero-order valence-electron chi connectivity index (χ0n) is 18.6. The van der Waals surface area contributed by atoms with Gasteiger partial charge in [-0.3, -0.25) is 9.69 Å². The Morgan fingerprint density at radius 1 is 1.12 bits per heavy atom. The fraction of sp³-hybridized carbons (Fsp3) is 0.348. The second-order valence-corrected chi connectivity index (χ2v) is 11.0. The molecule has 0 saturated carbocycles. The molecule has 1 fully saturated rings. The van der Waals surface area contributed by atoms with Gasteiger partial charge < -0.3 is 10.6 Å². The Morgan fingerprint density at radius 2 is 2.00 bits per heavy atom. The van der Waals surface area contributed by atoms with Crippen molar-refractivity contribution in [1.82, 2.24) is 30.0 Å². The average molecular weight is 514 g/mol. The summed E-state index contributed by atoms with van der Waals surface area (Å²) < 4.78 is 0.735. The molecule has 4 aromatic rings. The molecule has 1 amide bonds. The Hall–Kier alpha value is -2.66. The highest BCUT2D eigenvalue weighted by atomic mass is 35.5. The molecule has 3 aromatic heterocycles. The van der Waals surface area contributed by atoms with Gasteiger partial charge in [0, 0.05) is 25.0 Å². The first-order valence-corrected chi connectivity index (χ1v) is 13.1. The number of anilines is 1. The van der Waals surface area contributed by atoms with E-state index in [1.54, 1.807) is 11.3 Å². The molecule has 1 saturated heterocycles. The van der Waals surface area contributed by atoms with E-state index in [2.05, 4.69) is 32.0 Å². The standard InChI is InChI=1S/C23H24ClN7OS2/c1-2-3-17-23(32)31(11-14-4-5-15-16(10-14)26-13-27-21(15)25)9-8-30(17)12-20-28-29-22(34-20)18-6-7-19(24)33-18/h4-7,10,13,17H,2-3,8-9,11-12H2,1H3,(H2,25,26,27)/t17-/m0/s1. The van der Waals surface area contributed by atoms with Crippen molar-refractivity contribution in [2.75, 3.05) is 18.8 Å². The molecule has 34 heavy (non-hydrogen) atoms. The van der Waals surface area contributed by atoms with E-state index in [0.717, 1.165) is 55.1 Å². The second-order valence-electron chi connectivity index (χ2n) is 8.25. The van der Waals surface area contributed by atoms with Gasteiger partial charge in [-0.25, -0.2) is 9.97 Å². The van der Waals surface area contributed by atoms with Gasteiger partial charge in [0.2, 0.25) is 5.91 Å². The van der Waals surface area contributed by atoms with Crippen molar-refractivity contribution in [1.29, 1.82) is 0 Å². The number of piperazine rings is 1. The van der Waals surface area contributed by atoms with E-state index in [0.29, 0.717) is 25.5 Å². The molecule has 0 bridgehead atoms. The number of nitrogens with two attached hydrogens (primary N) is 1. The maximum absolute atomic E-state index is 13.5. The fourth-order valence-electron chi connectivity index (χ4n) is 4.27. The van der Waals surface area contributed by atoms with Crippen molar-refractivity contribution in [2.45, 2.75) is 38.9 Å². The summed E-state index contributed by atoms with van der Waals surface area (Å²) in [5, 5.41) is 11.3. The predicted octanol–water partition coefficient (Wildman–Crippen LogP) is 4.46. The number of nitrogen functional groups attached to an aromatic ring is 1. The Kier molecular flexibility index (Phi) is 6.73. The summed E-state index contributed by atoms with van der Waals surface area (Å²) >= 11 is 9.12. The zero-order chi connectivity index (χ0) is 23.7. The van der Waals surface area contributed by atoms with Crippen LogP contribution in [0.2, 0.25) is 4.34 Å². The molecule has 8 nitrogen and oxygen atoms in total. The monoisotopic (exact) mass is 513 g/mol. The van der Waals surface area contributed by atoms with Crippen LogP contribution in [0.3, 0.4) is 0 Å². The number of benzene rings is 1. The van der Waals surface area contributed by atoms with Crippen LogP contribution < -0.4 is 5.73 Å². The van der Waals surface area contributed by atoms with Crippen LogP contribution in [0.4, 0.5) is 5.82 Å². The van der Waals surface area contributed by atoms with E-state index < -0.39 is 0 Å². The summed E-state index contributed by atoms with van der Waals surface area (Å²) in [4.78, 5) is 27.0. The van der Waals surface area contributed by atoms with Gasteiger partial charge in [0.15, 0.2) is 5.01 Å². The highest BCUT2D eigenvalue weighted by molar-refractivity contribution is 7.23. The SMILES string of the molecule is CCC[C@H]1C(=O)N(Cc2ccc3c(N)ncnc3c2)CCN1Cc1nnc(-c2ccc(Cl)s2)s1. The molecule has 1 aliphatic heterocycles. The van der Waals surface area contributed by atoms with E-state index in [-0.39, 0.29) is 11.9 Å². The minimum Gasteiger partial charge on any atom is -0.383 e. The van der Waals surface area contributed by atoms with Gasteiger partial charge in [-0.1, -0.05) is 42.3 Å². The van der Waals surface area contributed by atoms with Gasteiger partial charge in [-0.15, -0.1) is 21.5 Å². The summed E-state index contributed by atoms with van der Waals surface area (Å²) in [6.45, 7) is 4.73. The molecule has 5 rings (SSSR count). The number of carbonyl (C=O) groups excluding carboxylic acids is 1. The molecule has 0 radical (unpaired) electrons. The fourth-order valence-corrected chi connectivity index (χ4v) is 6.23. The number of amides is 1. The predicted molar refractivity (Wildman–Crippen MR) is 137 cm³/mol. The Labute approximate surface area is 210 Å². The normalized spacial score (nSPS) is 17.1. The first-order chi connectivity index (χ1) is 16.5. The molecular weight excluding hydrogens is 490 g/mol. The molecule has 4 heterocycles. The maximum Gasteiger partial charge on any atom is 0.240 e. The molecule has 2 N–H and O–H groups in total. The zero-order valence-corrected chi connectivity index (χ0v) is 21.0. The molecule has 1 aliphatic rings. The summed E-state index contributed by atoms with van der Waals surface area (Å²) in [5.41, 5.74) is 7.77. The summed E-state index contributed by atoms with van der Waals surface area (Å²) in [6.07, 6.45) is 3.21. The number of carbonyl (C=O) groups is 1. The summed E-state index contributed by atoms with van der Waals surface area (Å²) in [5.74, 6) is 0.622. The first-order valence-electron chi connectivity index (χ1n) is 11.1. The largest absolute Gasteiger partial charge is 0.383 e. The third-order valence-electron chi connectivity index (χ3n) is 5.95. The highest BCUT2D eigenvalue weighted by Gasteiger charge is 2.34. The summed E-state index contributed by atoms with van der Waals surface area (Å²) in [7, 11) is 0. The molecule has 0 aliphatic carbocycles. The van der Waals surface area contributed by atoms with Crippen LogP contribution in [0.25, 0.3) is 20.8 Å². The highest BCUT2D eigenvalue weighted by Crippen LogP contribution is 2.33. The Bertz CT molecular complexity index is 1320. The lowest BCUT2D eigenvalue weighted by atomic mass is 10.0. The number of thiophene rings is 1. The third-order valence-corrected chi connectivity index (χ3v) is 8.26. The van der Waals surface area contributed by atoms with Crippen molar-refractivity contribution in [2.24, 2.45) is 0 Å². The molecular formula is C23H24ClN7OS2. The van der Waals surface area contributed by atoms with Crippen molar-refractivity contribution in [3.05, 3.63) is 51.6 Å². The van der Waals surface area contributed by atoms with Crippen LogP contribution in [0.15, 0.2) is 36.7 Å². The van der Waals surface area contributed by atoms with E-state index >= 15 is 0 Å². The van der Waals surface area contributed by atoms with Gasteiger partial charge in [0.25, 0.3) is 0 Å². The lowest BCUT2D eigenvalue weighted by molar-refractivity contribution is -0.143. The molecule has 1 aromatic carbocycles. The topological polar surface area (TPSA) is 101 Å². The van der Waals surface area contributed by atoms with Crippen LogP contribution in [0.5, 0.6) is 0 Å². The number of hydrogen-bond donors (Lipinski definition) is 1. The van der Waals surface area contributed by atoms with E-state index in [9.17, 15) is 4.79 Å². The van der Waals surface area contributed by atoms with Crippen LogP contribution in [-0.4, -0.2) is 55.0 Å². The quantitative estimate of drug-likeness (QED) is 0.389. The first kappa shape index (κ1) is 23.1. The van der Waals surface area contributed by atoms with E-state index in [4.69, 9.17) is 17.3 Å². The number of hydrogen-bond acceptors (Lipinski definition) is 9. The van der Waals surface area contributed by atoms with Crippen molar-refractivity contribution < 1.29 is 4.79 Å². The second kappa shape index (κ2) is 9.91. The third kappa shape index (κ3) is 4.76. The van der Waals surface area contributed by atoms with E-state index in [1.807, 2.05) is 35.2 Å². The van der Waals surface area contributed by atoms with Gasteiger partial charge in [0.05, 0.1) is 27.3 Å². The van der Waals surface area contributed by atoms with Gasteiger partial charge >= 0.3 is 0 Å². The molecule has 0 unspecified atom stereocenters. The van der Waals surface area contributed by atoms with Crippen LogP contribution in [0, 0.1) is 0 Å². The molecule has 11 heteroatoms. The maximum atomic E-state index is 13.5. The Balaban J connectivity index is 1.29. The Morgan fingerprint density at radius 3 is 2.79 bits per heavy atom. The van der Waals surface area contributed by atoms with Crippen LogP contribution >= 0.6 is 34.3 Å². The van der Waals surface area contributed by atoms with Crippen molar-refractivity contribution in [3.8, 4) is 9.88 Å². The molecule has 0 spiro atoms. The van der Waals surface area contributed by atoms with Crippen molar-refractivity contribution >= 4 is 56.9 Å². The number of halogens is 1. The van der Waals surface area contributed by atoms with E-state index in [1.165, 1.54) is 17.7 Å². The average Bonchev–Trinajstić information content (AvgIpc) is 3.47. The number of rotatable bonds is 7. The smallest absolute Gasteiger partial charge is 0.240 e. The lowest BCUT2D eigenvalue weighted by Crippen LogP contribution is -2.56. The van der Waals surface area contributed by atoms with Gasteiger partial charge in [-0.2, -0.15) is 0 Å². The van der Waals surface area contributed by atoms with Gasteiger partial charge in [-0.05, 0) is 36.2 Å². The summed E-state index contributed by atoms with van der Waals surface area (Å²) in [6, 6.07) is 9.58. The minimum atomic E-state index is -0.166. The van der Waals surface area contributed by atoms with Crippen LogP contribution in [0.1, 0.15) is 30.3 Å². The van der Waals surface area contributed by atoms with Crippen molar-refractivity contribution in [3.63, 3.8) is 0 Å².